The monoisotopic (exact) mass is 366 g/mol. The molecule has 5 nitrogen and oxygen atoms in total. The maximum Gasteiger partial charge on any atom is 0.253 e. The van der Waals surface area contributed by atoms with Crippen molar-refractivity contribution in [1.29, 1.82) is 0 Å². The van der Waals surface area contributed by atoms with E-state index < -0.39 is 0 Å². The van der Waals surface area contributed by atoms with Gasteiger partial charge in [-0.2, -0.15) is 0 Å². The largest absolute Gasteiger partial charge is 0.352 e. The first kappa shape index (κ1) is 17.6. The van der Waals surface area contributed by atoms with Crippen LogP contribution >= 0.6 is 0 Å². The molecule has 1 amide bonds. The van der Waals surface area contributed by atoms with Crippen LogP contribution in [0.25, 0.3) is 11.2 Å². The average molecular weight is 366 g/mol. The molecule has 27 heavy (non-hydrogen) atoms. The van der Waals surface area contributed by atoms with Gasteiger partial charge < -0.3 is 9.88 Å². The minimum Gasteiger partial charge on any atom is -0.352 e. The topological polar surface area (TPSA) is 59.8 Å². The van der Waals surface area contributed by atoms with Crippen molar-refractivity contribution in [2.24, 2.45) is 0 Å². The van der Waals surface area contributed by atoms with Crippen LogP contribution in [0.2, 0.25) is 0 Å². The van der Waals surface area contributed by atoms with Crippen LogP contribution in [0.5, 0.6) is 0 Å². The molecule has 0 fully saturated rings. The summed E-state index contributed by atoms with van der Waals surface area (Å²) in [5, 5.41) is 2.90. The molecule has 4 rings (SSSR count). The van der Waals surface area contributed by atoms with E-state index >= 15 is 0 Å². The SMILES string of the molecule is Cc1cc(C(=O)NCCc2ccccc2F)c2nc3n(c2n1)CCCCC3. The summed E-state index contributed by atoms with van der Waals surface area (Å²) < 4.78 is 15.9. The molecule has 2 aromatic heterocycles. The van der Waals surface area contributed by atoms with Gasteiger partial charge in [0, 0.05) is 25.2 Å². The molecular formula is C21H23FN4O. The number of halogens is 1. The van der Waals surface area contributed by atoms with Crippen LogP contribution in [0.15, 0.2) is 30.3 Å². The molecule has 1 aliphatic rings. The normalized spacial score (nSPS) is 14.0. The third kappa shape index (κ3) is 3.56. The Balaban J connectivity index is 1.57. The van der Waals surface area contributed by atoms with E-state index in [1.807, 2.05) is 6.92 Å². The summed E-state index contributed by atoms with van der Waals surface area (Å²) in [4.78, 5) is 22.2. The molecule has 0 saturated carbocycles. The zero-order valence-electron chi connectivity index (χ0n) is 15.5. The summed E-state index contributed by atoms with van der Waals surface area (Å²) in [5.41, 5.74) is 3.41. The van der Waals surface area contributed by atoms with Crippen LogP contribution < -0.4 is 5.32 Å². The highest BCUT2D eigenvalue weighted by Gasteiger charge is 2.20. The fourth-order valence-electron chi connectivity index (χ4n) is 3.70. The Bertz CT molecular complexity index is 995. The Morgan fingerprint density at radius 3 is 2.93 bits per heavy atom. The van der Waals surface area contributed by atoms with E-state index in [2.05, 4.69) is 14.9 Å². The average Bonchev–Trinajstić information content (AvgIpc) is 2.84. The van der Waals surface area contributed by atoms with E-state index in [9.17, 15) is 9.18 Å². The number of imidazole rings is 1. The van der Waals surface area contributed by atoms with Gasteiger partial charge in [-0.15, -0.1) is 0 Å². The molecule has 1 N–H and O–H groups in total. The van der Waals surface area contributed by atoms with Gasteiger partial charge >= 0.3 is 0 Å². The Morgan fingerprint density at radius 1 is 1.22 bits per heavy atom. The van der Waals surface area contributed by atoms with Crippen molar-refractivity contribution in [3.63, 3.8) is 0 Å². The van der Waals surface area contributed by atoms with E-state index in [0.717, 1.165) is 43.0 Å². The number of aryl methyl sites for hydroxylation is 3. The molecule has 0 bridgehead atoms. The maximum absolute atomic E-state index is 13.7. The number of nitrogens with one attached hydrogen (secondary N) is 1. The fourth-order valence-corrected chi connectivity index (χ4v) is 3.70. The minimum atomic E-state index is -0.244. The standard InChI is InChI=1S/C21H23FN4O/c1-14-13-16(21(27)23-11-10-15-7-4-5-8-17(15)22)19-20(24-14)26-12-6-2-3-9-18(26)25-19/h4-5,7-8,13H,2-3,6,9-12H2,1H3,(H,23,27). The van der Waals surface area contributed by atoms with Crippen molar-refractivity contribution in [3.05, 3.63) is 58.8 Å². The first-order valence-corrected chi connectivity index (χ1v) is 9.52. The van der Waals surface area contributed by atoms with E-state index in [-0.39, 0.29) is 11.7 Å². The zero-order chi connectivity index (χ0) is 18.8. The number of nitrogens with zero attached hydrogens (tertiary/aromatic N) is 3. The first-order chi connectivity index (χ1) is 13.1. The Hall–Kier alpha value is -2.76. The molecule has 0 spiro atoms. The quantitative estimate of drug-likeness (QED) is 0.768. The van der Waals surface area contributed by atoms with Crippen LogP contribution in [0, 0.1) is 12.7 Å². The lowest BCUT2D eigenvalue weighted by molar-refractivity contribution is 0.0955. The van der Waals surface area contributed by atoms with Crippen LogP contribution in [0.4, 0.5) is 4.39 Å². The van der Waals surface area contributed by atoms with Gasteiger partial charge in [-0.1, -0.05) is 24.6 Å². The summed E-state index contributed by atoms with van der Waals surface area (Å²) in [6.07, 6.45) is 4.79. The molecule has 0 saturated heterocycles. The van der Waals surface area contributed by atoms with Gasteiger partial charge in [0.2, 0.25) is 0 Å². The fraction of sp³-hybridized carbons (Fsp3) is 0.381. The highest BCUT2D eigenvalue weighted by molar-refractivity contribution is 6.04. The van der Waals surface area contributed by atoms with E-state index in [0.29, 0.717) is 29.6 Å². The Morgan fingerprint density at radius 2 is 2.07 bits per heavy atom. The molecule has 1 aromatic carbocycles. The predicted octanol–water partition coefficient (Wildman–Crippen LogP) is 3.58. The number of fused-ring (bicyclic) bond motifs is 3. The number of hydrogen-bond donors (Lipinski definition) is 1. The number of amides is 1. The van der Waals surface area contributed by atoms with Gasteiger partial charge in [-0.25, -0.2) is 14.4 Å². The number of pyridine rings is 1. The van der Waals surface area contributed by atoms with Gasteiger partial charge in [-0.05, 0) is 43.9 Å². The van der Waals surface area contributed by atoms with Gasteiger partial charge in [-0.3, -0.25) is 4.79 Å². The zero-order valence-corrected chi connectivity index (χ0v) is 15.5. The predicted molar refractivity (Wildman–Crippen MR) is 102 cm³/mol. The molecule has 3 aromatic rings. The summed E-state index contributed by atoms with van der Waals surface area (Å²) in [6, 6.07) is 8.42. The van der Waals surface area contributed by atoms with Crippen LogP contribution in [-0.4, -0.2) is 27.0 Å². The third-order valence-corrected chi connectivity index (χ3v) is 5.07. The second kappa shape index (κ2) is 7.47. The number of aromatic nitrogens is 3. The van der Waals surface area contributed by atoms with Gasteiger partial charge in [0.25, 0.3) is 5.91 Å². The van der Waals surface area contributed by atoms with E-state index in [4.69, 9.17) is 4.98 Å². The Kier molecular flexibility index (Phi) is 4.88. The second-order valence-electron chi connectivity index (χ2n) is 7.07. The molecule has 0 atom stereocenters. The molecular weight excluding hydrogens is 343 g/mol. The van der Waals surface area contributed by atoms with Crippen molar-refractivity contribution in [2.75, 3.05) is 6.54 Å². The molecule has 1 aliphatic heterocycles. The van der Waals surface area contributed by atoms with Gasteiger partial charge in [0.15, 0.2) is 5.65 Å². The number of carbonyl (C=O) groups excluding carboxylic acids is 1. The summed E-state index contributed by atoms with van der Waals surface area (Å²) in [7, 11) is 0. The van der Waals surface area contributed by atoms with Gasteiger partial charge in [0.05, 0.1) is 5.56 Å². The molecule has 0 aliphatic carbocycles. The lowest BCUT2D eigenvalue weighted by Crippen LogP contribution is -2.26. The number of carbonyl (C=O) groups is 1. The molecule has 0 radical (unpaired) electrons. The van der Waals surface area contributed by atoms with Crippen molar-refractivity contribution in [1.82, 2.24) is 19.9 Å². The van der Waals surface area contributed by atoms with Crippen LogP contribution in [0.3, 0.4) is 0 Å². The van der Waals surface area contributed by atoms with Crippen LogP contribution in [0.1, 0.15) is 46.7 Å². The number of benzene rings is 1. The smallest absolute Gasteiger partial charge is 0.253 e. The van der Waals surface area contributed by atoms with Crippen molar-refractivity contribution >= 4 is 17.1 Å². The lowest BCUT2D eigenvalue weighted by Gasteiger charge is -2.08. The molecule has 0 unspecified atom stereocenters. The highest BCUT2D eigenvalue weighted by Crippen LogP contribution is 2.24. The summed E-state index contributed by atoms with van der Waals surface area (Å²) >= 11 is 0. The van der Waals surface area contributed by atoms with Gasteiger partial charge in [0.1, 0.15) is 17.2 Å². The molecule has 6 heteroatoms. The maximum atomic E-state index is 13.7. The third-order valence-electron chi connectivity index (χ3n) is 5.07. The second-order valence-corrected chi connectivity index (χ2v) is 7.07. The number of rotatable bonds is 4. The number of hydrogen-bond acceptors (Lipinski definition) is 3. The van der Waals surface area contributed by atoms with Crippen molar-refractivity contribution in [2.45, 2.75) is 45.6 Å². The van der Waals surface area contributed by atoms with E-state index in [1.165, 1.54) is 12.5 Å². The highest BCUT2D eigenvalue weighted by atomic mass is 19.1. The Labute approximate surface area is 157 Å². The van der Waals surface area contributed by atoms with E-state index in [1.54, 1.807) is 24.3 Å². The van der Waals surface area contributed by atoms with Crippen molar-refractivity contribution < 1.29 is 9.18 Å². The molecule has 3 heterocycles. The molecule has 140 valence electrons. The summed E-state index contributed by atoms with van der Waals surface area (Å²) in [5.74, 6) is 0.586. The summed E-state index contributed by atoms with van der Waals surface area (Å²) in [6.45, 7) is 3.17. The lowest BCUT2D eigenvalue weighted by atomic mass is 10.1. The van der Waals surface area contributed by atoms with Crippen LogP contribution in [-0.2, 0) is 19.4 Å². The van der Waals surface area contributed by atoms with Crippen molar-refractivity contribution in [3.8, 4) is 0 Å². The minimum absolute atomic E-state index is 0.185. The first-order valence-electron chi connectivity index (χ1n) is 9.52.